The van der Waals surface area contributed by atoms with Gasteiger partial charge in [0.25, 0.3) is 5.91 Å². The van der Waals surface area contributed by atoms with Crippen molar-refractivity contribution in [2.75, 3.05) is 6.61 Å². The lowest BCUT2D eigenvalue weighted by atomic mass is 9.79. The number of rotatable bonds is 5. The summed E-state index contributed by atoms with van der Waals surface area (Å²) in [6.07, 6.45) is 5.40. The van der Waals surface area contributed by atoms with Crippen molar-refractivity contribution in [2.45, 2.75) is 25.3 Å². The van der Waals surface area contributed by atoms with Crippen molar-refractivity contribution < 1.29 is 9.53 Å². The molecule has 1 saturated carbocycles. The molecule has 0 spiro atoms. The second-order valence-electron chi connectivity index (χ2n) is 8.67. The minimum atomic E-state index is -0.107. The van der Waals surface area contributed by atoms with Gasteiger partial charge in [0, 0.05) is 15.7 Å². The van der Waals surface area contributed by atoms with Crippen molar-refractivity contribution in [1.29, 1.82) is 0 Å². The van der Waals surface area contributed by atoms with Crippen LogP contribution in [0.3, 0.4) is 0 Å². The molecule has 0 radical (unpaired) electrons. The summed E-state index contributed by atoms with van der Waals surface area (Å²) in [6.45, 7) is -0.0340. The van der Waals surface area contributed by atoms with Crippen LogP contribution in [0.25, 0.3) is 16.8 Å². The molecule has 1 amide bonds. The van der Waals surface area contributed by atoms with E-state index in [-0.39, 0.29) is 24.5 Å². The second-order valence-corrected chi connectivity index (χ2v) is 10.6. The lowest BCUT2D eigenvalue weighted by molar-refractivity contribution is -0.135. The van der Waals surface area contributed by atoms with Crippen LogP contribution in [0.2, 0.25) is 0 Å². The van der Waals surface area contributed by atoms with Gasteiger partial charge in [0.15, 0.2) is 6.61 Å². The van der Waals surface area contributed by atoms with E-state index in [2.05, 4.69) is 53.2 Å². The van der Waals surface area contributed by atoms with Gasteiger partial charge in [-0.2, -0.15) is 5.10 Å². The normalized spacial score (nSPS) is 21.0. The monoisotopic (exact) mass is 484 g/mol. The summed E-state index contributed by atoms with van der Waals surface area (Å²) < 4.78 is 5.95. The Bertz CT molecular complexity index is 1370. The maximum Gasteiger partial charge on any atom is 0.281 e. The van der Waals surface area contributed by atoms with Crippen LogP contribution in [0.1, 0.15) is 35.1 Å². The van der Waals surface area contributed by atoms with Crippen LogP contribution in [-0.4, -0.2) is 23.2 Å². The van der Waals surface area contributed by atoms with Gasteiger partial charge in [-0.05, 0) is 76.7 Å². The van der Waals surface area contributed by atoms with Crippen LogP contribution >= 0.6 is 22.7 Å². The van der Waals surface area contributed by atoms with Crippen LogP contribution < -0.4 is 4.74 Å². The summed E-state index contributed by atoms with van der Waals surface area (Å²) in [5, 5.41) is 13.0. The molecular formula is C28H24N2O2S2. The molecule has 2 unspecified atom stereocenters. The fourth-order valence-electron chi connectivity index (χ4n) is 4.96. The number of benzene rings is 2. The first-order valence-electron chi connectivity index (χ1n) is 11.6. The average Bonchev–Trinajstić information content (AvgIpc) is 3.63. The van der Waals surface area contributed by atoms with E-state index in [1.165, 1.54) is 15.3 Å². The summed E-state index contributed by atoms with van der Waals surface area (Å²) in [5.41, 5.74) is 2.32. The number of hydrogen-bond acceptors (Lipinski definition) is 5. The first-order chi connectivity index (χ1) is 16.8. The third-order valence-electron chi connectivity index (χ3n) is 6.53. The maximum absolute atomic E-state index is 13.4. The fourth-order valence-corrected chi connectivity index (χ4v) is 6.52. The van der Waals surface area contributed by atoms with Crippen LogP contribution in [0, 0.1) is 5.92 Å². The highest BCUT2D eigenvalue weighted by molar-refractivity contribution is 7.11. The van der Waals surface area contributed by atoms with Gasteiger partial charge in [-0.3, -0.25) is 4.79 Å². The third kappa shape index (κ3) is 4.08. The summed E-state index contributed by atoms with van der Waals surface area (Å²) in [4.78, 5) is 15.8. The van der Waals surface area contributed by atoms with E-state index < -0.39 is 0 Å². The van der Waals surface area contributed by atoms with E-state index in [4.69, 9.17) is 9.84 Å². The Hall–Kier alpha value is -3.22. The summed E-state index contributed by atoms with van der Waals surface area (Å²) in [6, 6.07) is 22.4. The van der Waals surface area contributed by atoms with Gasteiger partial charge in [0.05, 0.1) is 11.8 Å². The molecule has 4 aromatic rings. The van der Waals surface area contributed by atoms with Gasteiger partial charge < -0.3 is 4.74 Å². The van der Waals surface area contributed by atoms with Crippen molar-refractivity contribution >= 4 is 51.1 Å². The maximum atomic E-state index is 13.4. The molecule has 170 valence electrons. The Kier molecular flexibility index (Phi) is 5.77. The zero-order valence-corrected chi connectivity index (χ0v) is 20.2. The van der Waals surface area contributed by atoms with Crippen LogP contribution in [0.4, 0.5) is 0 Å². The number of hydrogen-bond donors (Lipinski definition) is 0. The molecule has 4 nitrogen and oxygen atoms in total. The molecule has 6 heteroatoms. The zero-order chi connectivity index (χ0) is 22.9. The van der Waals surface area contributed by atoms with E-state index in [0.717, 1.165) is 35.7 Å². The van der Waals surface area contributed by atoms with Crippen LogP contribution in [0.15, 0.2) is 88.2 Å². The highest BCUT2D eigenvalue weighted by Crippen LogP contribution is 2.45. The molecule has 0 saturated heterocycles. The highest BCUT2D eigenvalue weighted by Gasteiger charge is 2.44. The fraction of sp³-hybridized carbons (Fsp3) is 0.214. The second kappa shape index (κ2) is 9.20. The zero-order valence-electron chi connectivity index (χ0n) is 18.6. The molecule has 2 aliphatic rings. The number of carbonyl (C=O) groups is 1. The van der Waals surface area contributed by atoms with Crippen LogP contribution in [-0.2, 0) is 4.79 Å². The lowest BCUT2D eigenvalue weighted by Gasteiger charge is -2.28. The number of allylic oxidation sites excluding steroid dienone is 1. The molecule has 1 aliphatic carbocycles. The summed E-state index contributed by atoms with van der Waals surface area (Å²) >= 11 is 3.43. The van der Waals surface area contributed by atoms with E-state index in [1.54, 1.807) is 27.7 Å². The van der Waals surface area contributed by atoms with Crippen molar-refractivity contribution in [1.82, 2.24) is 5.01 Å². The summed E-state index contributed by atoms with van der Waals surface area (Å²) in [5.74, 6) is 0.814. The number of ether oxygens (including phenoxy) is 1. The Morgan fingerprint density at radius 2 is 1.88 bits per heavy atom. The molecule has 2 aromatic carbocycles. The molecule has 34 heavy (non-hydrogen) atoms. The van der Waals surface area contributed by atoms with Gasteiger partial charge in [-0.25, -0.2) is 5.01 Å². The van der Waals surface area contributed by atoms with Crippen LogP contribution in [0.5, 0.6) is 5.75 Å². The predicted molar refractivity (Wildman–Crippen MR) is 140 cm³/mol. The van der Waals surface area contributed by atoms with Gasteiger partial charge in [0.2, 0.25) is 0 Å². The molecule has 1 fully saturated rings. The van der Waals surface area contributed by atoms with Crippen molar-refractivity contribution in [2.24, 2.45) is 11.0 Å². The molecule has 1 aliphatic heterocycles. The number of thiophene rings is 2. The molecule has 3 heterocycles. The Morgan fingerprint density at radius 1 is 1.03 bits per heavy atom. The van der Waals surface area contributed by atoms with Gasteiger partial charge in [-0.15, -0.1) is 22.7 Å². The van der Waals surface area contributed by atoms with Gasteiger partial charge in [-0.1, -0.05) is 42.5 Å². The predicted octanol–water partition coefficient (Wildman–Crippen LogP) is 7.16. The standard InChI is InChI=1S/C28H24N2O2S2/c31-26(18-32-22-13-12-19-6-1-2-7-20(19)16-22)30-28(25-11-5-15-34-25)24-10-3-8-21(27(24)29-30)17-23-9-4-14-33-23/h1-2,4-7,9,11-17,24,28H,3,8,10,18H2/b21-17+. The Labute approximate surface area is 206 Å². The number of fused-ring (bicyclic) bond motifs is 2. The minimum absolute atomic E-state index is 0.0340. The lowest BCUT2D eigenvalue weighted by Crippen LogP contribution is -2.34. The first kappa shape index (κ1) is 21.3. The van der Waals surface area contributed by atoms with E-state index in [0.29, 0.717) is 5.75 Å². The summed E-state index contributed by atoms with van der Waals surface area (Å²) in [7, 11) is 0. The Balaban J connectivity index is 1.28. The molecular weight excluding hydrogens is 460 g/mol. The number of nitrogens with zero attached hydrogens (tertiary/aromatic N) is 2. The SMILES string of the molecule is O=C(COc1ccc2ccccc2c1)N1N=C2/C(=C/c3cccs3)CCCC2C1c1cccs1. The van der Waals surface area contributed by atoms with E-state index >= 15 is 0 Å². The third-order valence-corrected chi connectivity index (χ3v) is 8.30. The molecule has 2 atom stereocenters. The van der Waals surface area contributed by atoms with E-state index in [1.807, 2.05) is 30.3 Å². The minimum Gasteiger partial charge on any atom is -0.484 e. The quantitative estimate of drug-likeness (QED) is 0.301. The number of amides is 1. The molecule has 2 aromatic heterocycles. The average molecular weight is 485 g/mol. The molecule has 6 rings (SSSR count). The molecule has 0 N–H and O–H groups in total. The van der Waals surface area contributed by atoms with Crippen molar-refractivity contribution in [3.63, 3.8) is 0 Å². The van der Waals surface area contributed by atoms with E-state index in [9.17, 15) is 4.79 Å². The number of hydrazone groups is 1. The van der Waals surface area contributed by atoms with Crippen molar-refractivity contribution in [3.05, 3.63) is 92.8 Å². The van der Waals surface area contributed by atoms with Gasteiger partial charge >= 0.3 is 0 Å². The molecule has 0 bridgehead atoms. The van der Waals surface area contributed by atoms with Gasteiger partial charge in [0.1, 0.15) is 5.75 Å². The largest absolute Gasteiger partial charge is 0.484 e. The topological polar surface area (TPSA) is 41.9 Å². The Morgan fingerprint density at radius 3 is 2.71 bits per heavy atom. The highest BCUT2D eigenvalue weighted by atomic mass is 32.1. The smallest absolute Gasteiger partial charge is 0.281 e. The number of carbonyl (C=O) groups excluding carboxylic acids is 1. The first-order valence-corrected chi connectivity index (χ1v) is 13.3. The van der Waals surface area contributed by atoms with Crippen molar-refractivity contribution in [3.8, 4) is 5.75 Å².